The van der Waals surface area contributed by atoms with E-state index in [1.807, 2.05) is 30.3 Å². The quantitative estimate of drug-likeness (QED) is 0.674. The third-order valence-corrected chi connectivity index (χ3v) is 2.75. The minimum Gasteiger partial charge on any atom is -0.397 e. The predicted octanol–water partition coefficient (Wildman–Crippen LogP) is 1.49. The molecular weight excluding hydrogens is 240 g/mol. The first-order valence-corrected chi connectivity index (χ1v) is 5.75. The molecule has 4 N–H and O–H groups in total. The number of rotatable bonds is 2. The van der Waals surface area contributed by atoms with Crippen molar-refractivity contribution in [3.63, 3.8) is 0 Å². The summed E-state index contributed by atoms with van der Waals surface area (Å²) in [4.78, 5) is 1.43. The largest absolute Gasteiger partial charge is 0.397 e. The molecule has 6 heteroatoms. The van der Waals surface area contributed by atoms with Crippen LogP contribution < -0.4 is 11.5 Å². The number of hydrogen-bond donors (Lipinski definition) is 2. The first kappa shape index (κ1) is 11.2. The molecule has 3 rings (SSSR count). The van der Waals surface area contributed by atoms with E-state index in [1.54, 1.807) is 18.2 Å². The van der Waals surface area contributed by atoms with Gasteiger partial charge in [0.25, 0.3) is 0 Å². The maximum Gasteiger partial charge on any atom is 0.205 e. The highest BCUT2D eigenvalue weighted by atomic mass is 15.6. The van der Waals surface area contributed by atoms with E-state index in [0.29, 0.717) is 17.2 Å². The third-order valence-electron chi connectivity index (χ3n) is 2.75. The Balaban J connectivity index is 1.99. The van der Waals surface area contributed by atoms with Crippen LogP contribution in [0.4, 0.5) is 11.4 Å². The van der Waals surface area contributed by atoms with Crippen LogP contribution in [0.25, 0.3) is 17.1 Å². The second kappa shape index (κ2) is 4.41. The van der Waals surface area contributed by atoms with Crippen molar-refractivity contribution in [1.29, 1.82) is 0 Å². The molecule has 1 aromatic heterocycles. The van der Waals surface area contributed by atoms with Gasteiger partial charge in [-0.2, -0.15) is 0 Å². The van der Waals surface area contributed by atoms with Crippen molar-refractivity contribution >= 4 is 11.4 Å². The summed E-state index contributed by atoms with van der Waals surface area (Å²) >= 11 is 0. The lowest BCUT2D eigenvalue weighted by molar-refractivity contribution is 0.720. The van der Waals surface area contributed by atoms with E-state index in [9.17, 15) is 0 Å². The van der Waals surface area contributed by atoms with Crippen LogP contribution in [-0.4, -0.2) is 20.2 Å². The summed E-state index contributed by atoms with van der Waals surface area (Å²) in [6, 6.07) is 14.9. The van der Waals surface area contributed by atoms with Crippen molar-refractivity contribution in [1.82, 2.24) is 20.2 Å². The van der Waals surface area contributed by atoms with Gasteiger partial charge in [-0.25, -0.2) is 0 Å². The van der Waals surface area contributed by atoms with E-state index >= 15 is 0 Å². The minimum absolute atomic E-state index is 0.496. The average molecular weight is 252 g/mol. The molecule has 1 heterocycles. The van der Waals surface area contributed by atoms with Gasteiger partial charge in [0, 0.05) is 5.56 Å². The molecule has 0 unspecified atom stereocenters. The molecule has 0 bridgehead atoms. The van der Waals surface area contributed by atoms with Crippen LogP contribution in [-0.2, 0) is 0 Å². The normalized spacial score (nSPS) is 10.5. The predicted molar refractivity (Wildman–Crippen MR) is 73.4 cm³/mol. The van der Waals surface area contributed by atoms with Gasteiger partial charge >= 0.3 is 0 Å². The number of tetrazole rings is 1. The molecule has 3 aromatic rings. The Morgan fingerprint density at radius 1 is 0.895 bits per heavy atom. The molecule has 0 saturated carbocycles. The first-order chi connectivity index (χ1) is 9.24. The van der Waals surface area contributed by atoms with Crippen LogP contribution in [0, 0.1) is 0 Å². The van der Waals surface area contributed by atoms with E-state index in [1.165, 1.54) is 4.80 Å². The number of hydrogen-bond acceptors (Lipinski definition) is 5. The van der Waals surface area contributed by atoms with Gasteiger partial charge in [0.15, 0.2) is 0 Å². The molecule has 0 saturated heterocycles. The second-order valence-corrected chi connectivity index (χ2v) is 4.08. The number of benzene rings is 2. The number of nitrogens with two attached hydrogens (primary N) is 2. The Labute approximate surface area is 109 Å². The summed E-state index contributed by atoms with van der Waals surface area (Å²) in [5, 5.41) is 12.4. The Hall–Kier alpha value is -2.89. The number of nitrogens with zero attached hydrogens (tertiary/aromatic N) is 4. The summed E-state index contributed by atoms with van der Waals surface area (Å²) in [5.41, 5.74) is 14.1. The van der Waals surface area contributed by atoms with Gasteiger partial charge in [-0.05, 0) is 23.4 Å². The molecule has 0 radical (unpaired) electrons. The van der Waals surface area contributed by atoms with Gasteiger partial charge in [0.2, 0.25) is 5.82 Å². The molecular formula is C13H12N6. The van der Waals surface area contributed by atoms with Crippen molar-refractivity contribution in [2.75, 3.05) is 11.5 Å². The first-order valence-electron chi connectivity index (χ1n) is 5.75. The zero-order valence-corrected chi connectivity index (χ0v) is 10.1. The molecule has 0 aliphatic carbocycles. The molecule has 94 valence electrons. The monoisotopic (exact) mass is 252 g/mol. The van der Waals surface area contributed by atoms with Crippen LogP contribution in [0.15, 0.2) is 48.5 Å². The van der Waals surface area contributed by atoms with Gasteiger partial charge in [0.1, 0.15) is 0 Å². The fourth-order valence-electron chi connectivity index (χ4n) is 1.71. The fourth-order valence-corrected chi connectivity index (χ4v) is 1.71. The molecule has 6 nitrogen and oxygen atoms in total. The van der Waals surface area contributed by atoms with Crippen LogP contribution in [0.3, 0.4) is 0 Å². The average Bonchev–Trinajstić information content (AvgIpc) is 2.93. The second-order valence-electron chi connectivity index (χ2n) is 4.08. The fraction of sp³-hybridized carbons (Fsp3) is 0. The molecule has 0 spiro atoms. The Kier molecular flexibility index (Phi) is 2.60. The lowest BCUT2D eigenvalue weighted by Gasteiger charge is -2.02. The summed E-state index contributed by atoms with van der Waals surface area (Å²) in [5.74, 6) is 0.566. The Morgan fingerprint density at radius 2 is 1.68 bits per heavy atom. The van der Waals surface area contributed by atoms with E-state index in [2.05, 4.69) is 15.4 Å². The zero-order chi connectivity index (χ0) is 13.2. The highest BCUT2D eigenvalue weighted by molar-refractivity contribution is 5.66. The maximum atomic E-state index is 5.76. The van der Waals surface area contributed by atoms with Gasteiger partial charge < -0.3 is 11.5 Å². The molecule has 0 amide bonds. The van der Waals surface area contributed by atoms with Crippen molar-refractivity contribution in [3.05, 3.63) is 48.5 Å². The topological polar surface area (TPSA) is 95.6 Å². The van der Waals surface area contributed by atoms with Gasteiger partial charge in [0.05, 0.1) is 17.1 Å². The van der Waals surface area contributed by atoms with E-state index in [0.717, 1.165) is 11.3 Å². The summed E-state index contributed by atoms with van der Waals surface area (Å²) in [6.45, 7) is 0. The van der Waals surface area contributed by atoms with E-state index in [-0.39, 0.29) is 0 Å². The summed E-state index contributed by atoms with van der Waals surface area (Å²) in [7, 11) is 0. The van der Waals surface area contributed by atoms with E-state index in [4.69, 9.17) is 11.5 Å². The zero-order valence-electron chi connectivity index (χ0n) is 10.1. The van der Waals surface area contributed by atoms with Crippen molar-refractivity contribution in [3.8, 4) is 17.1 Å². The standard InChI is InChI=1S/C13H12N6/c14-11-7-6-10(8-12(11)15)19-17-13(16-18-19)9-4-2-1-3-5-9/h1-8H,14-15H2. The van der Waals surface area contributed by atoms with Gasteiger partial charge in [-0.15, -0.1) is 15.0 Å². The molecule has 0 fully saturated rings. The van der Waals surface area contributed by atoms with Crippen LogP contribution in [0.2, 0.25) is 0 Å². The van der Waals surface area contributed by atoms with Crippen molar-refractivity contribution < 1.29 is 0 Å². The van der Waals surface area contributed by atoms with E-state index < -0.39 is 0 Å². The molecule has 2 aromatic carbocycles. The summed E-state index contributed by atoms with van der Waals surface area (Å²) < 4.78 is 0. The number of anilines is 2. The van der Waals surface area contributed by atoms with Crippen molar-refractivity contribution in [2.45, 2.75) is 0 Å². The smallest absolute Gasteiger partial charge is 0.205 e. The number of aromatic nitrogens is 4. The SMILES string of the molecule is Nc1ccc(-n2nnc(-c3ccccc3)n2)cc1N. The molecule has 0 aliphatic heterocycles. The lowest BCUT2D eigenvalue weighted by atomic mass is 10.2. The number of nitrogen functional groups attached to an aromatic ring is 2. The lowest BCUT2D eigenvalue weighted by Crippen LogP contribution is -2.02. The highest BCUT2D eigenvalue weighted by Gasteiger charge is 2.07. The molecule has 0 aliphatic rings. The maximum absolute atomic E-state index is 5.76. The van der Waals surface area contributed by atoms with Crippen LogP contribution >= 0.6 is 0 Å². The highest BCUT2D eigenvalue weighted by Crippen LogP contribution is 2.19. The Morgan fingerprint density at radius 3 is 2.42 bits per heavy atom. The Bertz CT molecular complexity index is 704. The molecule has 19 heavy (non-hydrogen) atoms. The van der Waals surface area contributed by atoms with Crippen LogP contribution in [0.1, 0.15) is 0 Å². The molecule has 0 atom stereocenters. The van der Waals surface area contributed by atoms with Crippen molar-refractivity contribution in [2.24, 2.45) is 0 Å². The van der Waals surface area contributed by atoms with Crippen LogP contribution in [0.5, 0.6) is 0 Å². The minimum atomic E-state index is 0.496. The third kappa shape index (κ3) is 2.11. The van der Waals surface area contributed by atoms with Gasteiger partial charge in [-0.3, -0.25) is 0 Å². The van der Waals surface area contributed by atoms with Gasteiger partial charge in [-0.1, -0.05) is 30.3 Å². The summed E-state index contributed by atoms with van der Waals surface area (Å²) in [6.07, 6.45) is 0.